The Morgan fingerprint density at radius 2 is 2.04 bits per heavy atom. The lowest BCUT2D eigenvalue weighted by atomic mass is 9.78. The van der Waals surface area contributed by atoms with Gasteiger partial charge in [-0.1, -0.05) is 12.2 Å². The van der Waals surface area contributed by atoms with Crippen LogP contribution in [0.25, 0.3) is 0 Å². The first kappa shape index (κ1) is 16.8. The molecule has 3 aliphatic rings. The van der Waals surface area contributed by atoms with Gasteiger partial charge in [-0.2, -0.15) is 13.2 Å². The molecule has 5 unspecified atom stereocenters. The molecule has 2 fully saturated rings. The molecule has 7 heteroatoms. The van der Waals surface area contributed by atoms with E-state index in [0.29, 0.717) is 12.1 Å². The molecule has 0 spiro atoms. The lowest BCUT2D eigenvalue weighted by molar-refractivity contribution is -0.160. The molecule has 2 aliphatic carbocycles. The first-order valence-electron chi connectivity index (χ1n) is 8.02. The number of alkyl halides is 3. The van der Waals surface area contributed by atoms with Crippen LogP contribution >= 0.6 is 0 Å². The Morgan fingerprint density at radius 3 is 2.61 bits per heavy atom. The second-order valence-corrected chi connectivity index (χ2v) is 6.72. The Morgan fingerprint density at radius 1 is 1.30 bits per heavy atom. The molecule has 3 N–H and O–H groups in total. The average Bonchev–Trinajstić information content (AvgIpc) is 2.78. The maximum Gasteiger partial charge on any atom is 0.395 e. The van der Waals surface area contributed by atoms with Gasteiger partial charge in [0.1, 0.15) is 12.5 Å². The molecule has 130 valence electrons. The third kappa shape index (κ3) is 3.02. The highest BCUT2D eigenvalue weighted by Gasteiger charge is 2.51. The predicted molar refractivity (Wildman–Crippen MR) is 78.8 cm³/mol. The van der Waals surface area contributed by atoms with E-state index < -0.39 is 18.3 Å². The Kier molecular flexibility index (Phi) is 4.46. The molecule has 0 aromatic rings. The number of aliphatic hydroxyl groups excluding tert-OH is 1. The fourth-order valence-corrected chi connectivity index (χ4v) is 4.15. The van der Waals surface area contributed by atoms with Crippen molar-refractivity contribution >= 4 is 0 Å². The third-order valence-corrected chi connectivity index (χ3v) is 5.34. The summed E-state index contributed by atoms with van der Waals surface area (Å²) in [5, 5.41) is 10.7. The number of hydrogen-bond acceptors (Lipinski definition) is 4. The van der Waals surface area contributed by atoms with E-state index >= 15 is 0 Å². The van der Waals surface area contributed by atoms with Gasteiger partial charge in [0.05, 0.1) is 5.92 Å². The fourth-order valence-electron chi connectivity index (χ4n) is 4.15. The molecule has 4 nitrogen and oxygen atoms in total. The molecular formula is C16H23F3N2O2. The summed E-state index contributed by atoms with van der Waals surface area (Å²) in [5.74, 6) is -1.30. The molecule has 0 aromatic carbocycles. The van der Waals surface area contributed by atoms with E-state index in [1.807, 2.05) is 0 Å². The predicted octanol–water partition coefficient (Wildman–Crippen LogP) is 2.36. The number of fused-ring (bicyclic) bond motifs is 1. The van der Waals surface area contributed by atoms with Crippen molar-refractivity contribution < 1.29 is 23.0 Å². The zero-order valence-electron chi connectivity index (χ0n) is 13.0. The number of nitrogens with zero attached hydrogens (tertiary/aromatic N) is 1. The van der Waals surface area contributed by atoms with Crippen LogP contribution in [0.5, 0.6) is 0 Å². The van der Waals surface area contributed by atoms with Crippen molar-refractivity contribution in [1.29, 1.82) is 0 Å². The van der Waals surface area contributed by atoms with Gasteiger partial charge in [0, 0.05) is 30.7 Å². The van der Waals surface area contributed by atoms with Crippen molar-refractivity contribution in [3.05, 3.63) is 23.9 Å². The normalized spacial score (nSPS) is 41.0. The van der Waals surface area contributed by atoms with Crippen LogP contribution in [-0.4, -0.2) is 41.8 Å². The third-order valence-electron chi connectivity index (χ3n) is 5.34. The van der Waals surface area contributed by atoms with Crippen LogP contribution in [0.4, 0.5) is 13.2 Å². The molecule has 1 aliphatic heterocycles. The zero-order chi connectivity index (χ0) is 16.8. The second kappa shape index (κ2) is 6.11. The van der Waals surface area contributed by atoms with Crippen molar-refractivity contribution in [2.24, 2.45) is 23.5 Å². The fraction of sp³-hybridized carbons (Fsp3) is 0.750. The summed E-state index contributed by atoms with van der Waals surface area (Å²) in [5.41, 5.74) is 6.61. The minimum absolute atomic E-state index is 0.00154. The summed E-state index contributed by atoms with van der Waals surface area (Å²) in [6.45, 7) is 0. The van der Waals surface area contributed by atoms with Crippen molar-refractivity contribution in [2.45, 2.75) is 50.4 Å². The van der Waals surface area contributed by atoms with Crippen molar-refractivity contribution in [3.63, 3.8) is 0 Å². The number of aliphatic hydroxyl groups is 1. The molecule has 3 rings (SSSR count). The summed E-state index contributed by atoms with van der Waals surface area (Å²) in [7, 11) is 1.58. The van der Waals surface area contributed by atoms with E-state index in [4.69, 9.17) is 10.5 Å². The van der Waals surface area contributed by atoms with Crippen LogP contribution in [0, 0.1) is 17.8 Å². The maximum absolute atomic E-state index is 12.8. The van der Waals surface area contributed by atoms with Crippen molar-refractivity contribution in [1.82, 2.24) is 4.90 Å². The lowest BCUT2D eigenvalue weighted by Gasteiger charge is -2.33. The summed E-state index contributed by atoms with van der Waals surface area (Å²) in [6.07, 6.45) is 1.20. The highest BCUT2D eigenvalue weighted by atomic mass is 19.4. The quantitative estimate of drug-likeness (QED) is 0.815. The molecule has 0 bridgehead atoms. The number of ether oxygens (including phenoxy) is 1. The number of rotatable bonds is 2. The zero-order valence-corrected chi connectivity index (χ0v) is 13.0. The molecule has 0 amide bonds. The maximum atomic E-state index is 12.8. The molecule has 1 saturated heterocycles. The Hall–Kier alpha value is -1.05. The van der Waals surface area contributed by atoms with Crippen LogP contribution in [0.3, 0.4) is 0 Å². The van der Waals surface area contributed by atoms with Crippen molar-refractivity contribution in [3.8, 4) is 0 Å². The Balaban J connectivity index is 1.80. The first-order chi connectivity index (χ1) is 10.8. The number of hydrogen-bond donors (Lipinski definition) is 2. The first-order valence-corrected chi connectivity index (χ1v) is 8.02. The van der Waals surface area contributed by atoms with E-state index in [1.54, 1.807) is 18.1 Å². The summed E-state index contributed by atoms with van der Waals surface area (Å²) >= 11 is 0. The van der Waals surface area contributed by atoms with Gasteiger partial charge >= 0.3 is 6.18 Å². The van der Waals surface area contributed by atoms with E-state index in [-0.39, 0.29) is 30.5 Å². The standard InChI is InChI=1S/C16H23F3N2O2/c1-23-15-12-7-4-10(20)8-13(12)14(22)21(15)11-5-2-9(3-6-11)16(17,18)19/h2,5-6,9-10,12-15,22H,3-4,7-8,20H2,1H3/t9?,10?,12?,13?,14-,15?/m1/s1. The minimum atomic E-state index is -4.23. The van der Waals surface area contributed by atoms with Gasteiger partial charge in [-0.3, -0.25) is 0 Å². The largest absolute Gasteiger partial charge is 0.395 e. The molecule has 0 aromatic heterocycles. The van der Waals surface area contributed by atoms with Gasteiger partial charge in [-0.15, -0.1) is 0 Å². The highest BCUT2D eigenvalue weighted by molar-refractivity contribution is 5.26. The van der Waals surface area contributed by atoms with Crippen LogP contribution in [-0.2, 0) is 4.74 Å². The number of halogens is 3. The molecule has 23 heavy (non-hydrogen) atoms. The van der Waals surface area contributed by atoms with E-state index in [2.05, 4.69) is 0 Å². The second-order valence-electron chi connectivity index (χ2n) is 6.72. The highest BCUT2D eigenvalue weighted by Crippen LogP contribution is 2.46. The Labute approximate surface area is 133 Å². The van der Waals surface area contributed by atoms with Gasteiger partial charge in [0.15, 0.2) is 0 Å². The Bertz CT molecular complexity index is 506. The number of likely N-dealkylation sites (tertiary alicyclic amines) is 1. The monoisotopic (exact) mass is 332 g/mol. The van der Waals surface area contributed by atoms with Gasteiger partial charge in [-0.25, -0.2) is 0 Å². The van der Waals surface area contributed by atoms with Crippen LogP contribution in [0.2, 0.25) is 0 Å². The van der Waals surface area contributed by atoms with Gasteiger partial charge < -0.3 is 20.5 Å². The van der Waals surface area contributed by atoms with Gasteiger partial charge in [-0.05, 0) is 31.8 Å². The molecule has 1 heterocycles. The van der Waals surface area contributed by atoms with Crippen molar-refractivity contribution in [2.75, 3.05) is 7.11 Å². The SMILES string of the molecule is COC1C2CCC(N)CC2[C@@H](O)N1C1=CCC(C(F)(F)F)C=C1. The van der Waals surface area contributed by atoms with Crippen LogP contribution in [0.15, 0.2) is 23.9 Å². The summed E-state index contributed by atoms with van der Waals surface area (Å²) in [4.78, 5) is 1.72. The van der Waals surface area contributed by atoms with E-state index in [9.17, 15) is 18.3 Å². The minimum Gasteiger partial charge on any atom is -0.373 e. The van der Waals surface area contributed by atoms with Gasteiger partial charge in [0.2, 0.25) is 0 Å². The van der Waals surface area contributed by atoms with Crippen LogP contribution in [0.1, 0.15) is 25.7 Å². The number of nitrogens with two attached hydrogens (primary N) is 1. The summed E-state index contributed by atoms with van der Waals surface area (Å²) < 4.78 is 43.9. The average molecular weight is 332 g/mol. The van der Waals surface area contributed by atoms with Gasteiger partial charge in [0.25, 0.3) is 0 Å². The topological polar surface area (TPSA) is 58.7 Å². The molecule has 0 radical (unpaired) electrons. The molecule has 6 atom stereocenters. The van der Waals surface area contributed by atoms with E-state index in [0.717, 1.165) is 12.8 Å². The number of allylic oxidation sites excluding steroid dienone is 3. The molecular weight excluding hydrogens is 309 g/mol. The van der Waals surface area contributed by atoms with Crippen LogP contribution < -0.4 is 5.73 Å². The van der Waals surface area contributed by atoms with E-state index in [1.165, 1.54) is 12.2 Å². The smallest absolute Gasteiger partial charge is 0.373 e. The number of methoxy groups -OCH3 is 1. The summed E-state index contributed by atoms with van der Waals surface area (Å²) in [6, 6.07) is 0.0637. The molecule has 1 saturated carbocycles. The lowest BCUT2D eigenvalue weighted by Crippen LogP contribution is -2.38.